The van der Waals surface area contributed by atoms with Crippen molar-refractivity contribution in [3.05, 3.63) is 65.9 Å². The lowest BCUT2D eigenvalue weighted by Crippen LogP contribution is -2.37. The van der Waals surface area contributed by atoms with Gasteiger partial charge in [-0.1, -0.05) is 30.3 Å². The Morgan fingerprint density at radius 1 is 1.16 bits per heavy atom. The molecule has 8 heteroatoms. The zero-order valence-corrected chi connectivity index (χ0v) is 17.2. The molecule has 0 aliphatic carbocycles. The lowest BCUT2D eigenvalue weighted by molar-refractivity contribution is -0.131. The van der Waals surface area contributed by atoms with Crippen molar-refractivity contribution in [2.75, 3.05) is 13.7 Å². The number of amides is 4. The monoisotopic (exact) mass is 420 g/mol. The molecule has 2 heterocycles. The minimum atomic E-state index is -0.839. The number of aromatic amines is 1. The fourth-order valence-corrected chi connectivity index (χ4v) is 3.72. The van der Waals surface area contributed by atoms with Gasteiger partial charge in [0.05, 0.1) is 20.1 Å². The molecule has 2 aromatic carbocycles. The first-order valence-corrected chi connectivity index (χ1v) is 10.1. The molecule has 1 saturated heterocycles. The van der Waals surface area contributed by atoms with Crippen LogP contribution in [0, 0.1) is 0 Å². The van der Waals surface area contributed by atoms with Crippen molar-refractivity contribution in [2.24, 2.45) is 0 Å². The van der Waals surface area contributed by atoms with Crippen molar-refractivity contribution in [3.8, 4) is 5.75 Å². The number of rotatable bonds is 8. The molecule has 1 aromatic heterocycles. The van der Waals surface area contributed by atoms with E-state index in [9.17, 15) is 14.4 Å². The first-order chi connectivity index (χ1) is 15.0. The van der Waals surface area contributed by atoms with E-state index < -0.39 is 12.1 Å². The van der Waals surface area contributed by atoms with E-state index in [0.29, 0.717) is 13.0 Å². The number of hydrogen-bond donors (Lipinski definition) is 3. The molecule has 3 aromatic rings. The van der Waals surface area contributed by atoms with Gasteiger partial charge in [-0.3, -0.25) is 14.5 Å². The summed E-state index contributed by atoms with van der Waals surface area (Å²) in [5.41, 5.74) is 2.92. The number of urea groups is 1. The van der Waals surface area contributed by atoms with Crippen LogP contribution in [0.25, 0.3) is 10.9 Å². The van der Waals surface area contributed by atoms with Crippen molar-refractivity contribution in [1.82, 2.24) is 20.5 Å². The van der Waals surface area contributed by atoms with Crippen LogP contribution in [0.1, 0.15) is 17.5 Å². The van der Waals surface area contributed by atoms with Crippen LogP contribution < -0.4 is 15.4 Å². The van der Waals surface area contributed by atoms with Crippen LogP contribution in [0.5, 0.6) is 5.75 Å². The third-order valence-electron chi connectivity index (χ3n) is 5.37. The molecule has 3 N–H and O–H groups in total. The molecule has 0 saturated carbocycles. The fraction of sp³-hybridized carbons (Fsp3) is 0.261. The Labute approximate surface area is 179 Å². The molecule has 1 aliphatic heterocycles. The number of imide groups is 1. The normalized spacial score (nSPS) is 15.9. The smallest absolute Gasteiger partial charge is 0.325 e. The summed E-state index contributed by atoms with van der Waals surface area (Å²) in [6, 6.07) is 13.7. The van der Waals surface area contributed by atoms with Crippen LogP contribution in [-0.2, 0) is 22.6 Å². The highest BCUT2D eigenvalue weighted by atomic mass is 16.5. The lowest BCUT2D eigenvalue weighted by atomic mass is 10.1. The minimum absolute atomic E-state index is 0.0857. The molecule has 1 fully saturated rings. The number of benzene rings is 2. The van der Waals surface area contributed by atoms with E-state index in [0.717, 1.165) is 32.7 Å². The Bertz CT molecular complexity index is 1110. The Morgan fingerprint density at radius 2 is 1.97 bits per heavy atom. The number of nitrogens with zero attached hydrogens (tertiary/aromatic N) is 1. The Hall–Kier alpha value is -3.81. The molecule has 1 atom stereocenters. The number of fused-ring (bicyclic) bond motifs is 1. The highest BCUT2D eigenvalue weighted by molar-refractivity contribution is 6.05. The number of nitrogens with one attached hydrogen (secondary N) is 3. The number of methoxy groups -OCH3 is 1. The van der Waals surface area contributed by atoms with Gasteiger partial charge in [0.15, 0.2) is 0 Å². The van der Waals surface area contributed by atoms with Crippen LogP contribution in [0.4, 0.5) is 4.79 Å². The molecule has 4 rings (SSSR count). The summed E-state index contributed by atoms with van der Waals surface area (Å²) in [6.45, 7) is 0.610. The third-order valence-corrected chi connectivity index (χ3v) is 5.37. The number of hydrogen-bond acceptors (Lipinski definition) is 4. The van der Waals surface area contributed by atoms with E-state index in [1.54, 1.807) is 7.11 Å². The summed E-state index contributed by atoms with van der Waals surface area (Å²) in [6.07, 6.45) is 2.46. The highest BCUT2D eigenvalue weighted by Crippen LogP contribution is 2.23. The van der Waals surface area contributed by atoms with E-state index in [-0.39, 0.29) is 24.8 Å². The van der Waals surface area contributed by atoms with E-state index in [4.69, 9.17) is 4.74 Å². The van der Waals surface area contributed by atoms with Crippen LogP contribution >= 0.6 is 0 Å². The third kappa shape index (κ3) is 4.53. The van der Waals surface area contributed by atoms with Gasteiger partial charge < -0.3 is 20.4 Å². The quantitative estimate of drug-likeness (QED) is 0.487. The second-order valence-electron chi connectivity index (χ2n) is 7.44. The predicted molar refractivity (Wildman–Crippen MR) is 115 cm³/mol. The number of H-pyrrole nitrogens is 1. The Balaban J connectivity index is 1.29. The van der Waals surface area contributed by atoms with Crippen LogP contribution in [-0.4, -0.2) is 47.4 Å². The number of aromatic nitrogens is 1. The maximum Gasteiger partial charge on any atom is 0.325 e. The van der Waals surface area contributed by atoms with Gasteiger partial charge in [0, 0.05) is 23.6 Å². The van der Waals surface area contributed by atoms with Crippen molar-refractivity contribution >= 4 is 28.7 Å². The van der Waals surface area contributed by atoms with Crippen molar-refractivity contribution in [3.63, 3.8) is 0 Å². The van der Waals surface area contributed by atoms with Gasteiger partial charge in [-0.15, -0.1) is 0 Å². The van der Waals surface area contributed by atoms with E-state index in [1.807, 2.05) is 54.7 Å². The summed E-state index contributed by atoms with van der Waals surface area (Å²) in [5, 5.41) is 6.48. The molecular weight excluding hydrogens is 396 g/mol. The maximum absolute atomic E-state index is 12.6. The minimum Gasteiger partial charge on any atom is -0.497 e. The molecule has 0 radical (unpaired) electrons. The molecule has 0 unspecified atom stereocenters. The van der Waals surface area contributed by atoms with Gasteiger partial charge in [-0.05, 0) is 35.7 Å². The molecule has 0 bridgehead atoms. The zero-order valence-electron chi connectivity index (χ0n) is 17.2. The van der Waals surface area contributed by atoms with Gasteiger partial charge >= 0.3 is 6.03 Å². The van der Waals surface area contributed by atoms with Crippen molar-refractivity contribution in [1.29, 1.82) is 0 Å². The number of carbonyl (C=O) groups excluding carboxylic acids is 3. The molecule has 31 heavy (non-hydrogen) atoms. The van der Waals surface area contributed by atoms with Crippen LogP contribution in [0.3, 0.4) is 0 Å². The molecule has 4 amide bonds. The largest absolute Gasteiger partial charge is 0.497 e. The van der Waals surface area contributed by atoms with Gasteiger partial charge in [0.25, 0.3) is 5.91 Å². The Kier molecular flexibility index (Phi) is 5.88. The topological polar surface area (TPSA) is 104 Å². The summed E-state index contributed by atoms with van der Waals surface area (Å²) < 4.78 is 5.27. The van der Waals surface area contributed by atoms with Gasteiger partial charge in [-0.25, -0.2) is 4.79 Å². The molecule has 0 spiro atoms. The summed E-state index contributed by atoms with van der Waals surface area (Å²) in [4.78, 5) is 41.4. The van der Waals surface area contributed by atoms with E-state index in [2.05, 4.69) is 15.6 Å². The highest BCUT2D eigenvalue weighted by Gasteiger charge is 2.38. The van der Waals surface area contributed by atoms with Gasteiger partial charge in [-0.2, -0.15) is 0 Å². The van der Waals surface area contributed by atoms with Crippen LogP contribution in [0.2, 0.25) is 0 Å². The summed E-state index contributed by atoms with van der Waals surface area (Å²) in [7, 11) is 1.62. The fourth-order valence-electron chi connectivity index (χ4n) is 3.72. The van der Waals surface area contributed by atoms with Gasteiger partial charge in [0.1, 0.15) is 11.8 Å². The van der Waals surface area contributed by atoms with Crippen molar-refractivity contribution in [2.45, 2.75) is 25.4 Å². The second kappa shape index (κ2) is 8.91. The van der Waals surface area contributed by atoms with Gasteiger partial charge in [0.2, 0.25) is 5.91 Å². The average Bonchev–Trinajstić information content (AvgIpc) is 3.30. The second-order valence-corrected chi connectivity index (χ2v) is 7.44. The first-order valence-electron chi connectivity index (χ1n) is 10.1. The SMILES string of the molecule is COc1ccc2[nH]cc(CCNC(=O)C[C@H]3NC(=O)N(Cc4ccccc4)C3=O)c2c1. The molecule has 8 nitrogen and oxygen atoms in total. The predicted octanol–water partition coefficient (Wildman–Crippen LogP) is 2.35. The standard InChI is InChI=1S/C23H24N4O4/c1-31-17-7-8-19-18(11-17)16(13-25-19)9-10-24-21(28)12-20-22(29)27(23(30)26-20)14-15-5-3-2-4-6-15/h2-8,11,13,20,25H,9-10,12,14H2,1H3,(H,24,28)(H,26,30)/t20-/m1/s1. The number of carbonyl (C=O) groups is 3. The first kappa shape index (κ1) is 20.5. The van der Waals surface area contributed by atoms with Crippen molar-refractivity contribution < 1.29 is 19.1 Å². The molecule has 1 aliphatic rings. The lowest BCUT2D eigenvalue weighted by Gasteiger charge is -2.13. The summed E-state index contributed by atoms with van der Waals surface area (Å²) >= 11 is 0. The van der Waals surface area contributed by atoms with Crippen LogP contribution in [0.15, 0.2) is 54.7 Å². The molecular formula is C23H24N4O4. The van der Waals surface area contributed by atoms with E-state index >= 15 is 0 Å². The Morgan fingerprint density at radius 3 is 2.74 bits per heavy atom. The summed E-state index contributed by atoms with van der Waals surface area (Å²) in [5.74, 6) is 0.110. The maximum atomic E-state index is 12.6. The number of ether oxygens (including phenoxy) is 1. The zero-order chi connectivity index (χ0) is 21.8. The average molecular weight is 420 g/mol. The molecule has 160 valence electrons. The van der Waals surface area contributed by atoms with E-state index in [1.165, 1.54) is 0 Å².